The fraction of sp³-hybridized carbons (Fsp3) is 0.217. The molecule has 0 fully saturated rings. The Kier molecular flexibility index (Phi) is 6.74. The van der Waals surface area contributed by atoms with Crippen LogP contribution in [-0.2, 0) is 16.4 Å². The number of benzene rings is 2. The number of terminal acetylenes is 1. The van der Waals surface area contributed by atoms with Crippen molar-refractivity contribution in [1.82, 2.24) is 25.8 Å². The molecule has 0 aliphatic carbocycles. The Morgan fingerprint density at radius 1 is 1.21 bits per heavy atom. The summed E-state index contributed by atoms with van der Waals surface area (Å²) in [6.07, 6.45) is 6.33. The minimum Gasteiger partial charge on any atom is -0.422 e. The van der Waals surface area contributed by atoms with Crippen LogP contribution in [-0.4, -0.2) is 49.4 Å². The molecule has 4 aromatic rings. The number of sulfone groups is 1. The molecule has 2 N–H and O–H groups in total. The van der Waals surface area contributed by atoms with E-state index in [1.54, 1.807) is 25.2 Å². The number of amides is 1. The van der Waals surface area contributed by atoms with Gasteiger partial charge in [-0.3, -0.25) is 4.79 Å². The van der Waals surface area contributed by atoms with E-state index in [1.807, 2.05) is 24.3 Å². The number of thiazole rings is 1. The standard InChI is InChI=1S/C23H21N5O4S2/c1-4-10-25-21(29)16-7-5-6-14(11-16)15-8-9-17-18(12-15)33-23(26-17)20(34(3,30)31)22-28-27-19(32-22)13-24-2/h1,5-9,11-12,20,24H,10,13H2,2-3H3,(H,25,29). The maximum absolute atomic E-state index is 12.6. The first-order chi connectivity index (χ1) is 16.3. The van der Waals surface area contributed by atoms with E-state index in [-0.39, 0.29) is 18.3 Å². The number of nitrogens with one attached hydrogen (secondary N) is 2. The van der Waals surface area contributed by atoms with Gasteiger partial charge < -0.3 is 15.1 Å². The van der Waals surface area contributed by atoms with Crippen LogP contribution in [0.5, 0.6) is 0 Å². The van der Waals surface area contributed by atoms with Gasteiger partial charge in [0.05, 0.1) is 23.3 Å². The quantitative estimate of drug-likeness (QED) is 0.357. The normalized spacial score (nSPS) is 12.4. The van der Waals surface area contributed by atoms with Crippen molar-refractivity contribution in [3.05, 3.63) is 64.8 Å². The summed E-state index contributed by atoms with van der Waals surface area (Å²) in [6.45, 7) is 0.475. The Labute approximate surface area is 200 Å². The Hall–Kier alpha value is -3.59. The van der Waals surface area contributed by atoms with Gasteiger partial charge in [0.1, 0.15) is 5.01 Å². The van der Waals surface area contributed by atoms with Gasteiger partial charge in [0, 0.05) is 11.8 Å². The summed E-state index contributed by atoms with van der Waals surface area (Å²) in [5.41, 5.74) is 2.83. The second-order valence-corrected chi connectivity index (χ2v) is 10.7. The lowest BCUT2D eigenvalue weighted by atomic mass is 10.0. The van der Waals surface area contributed by atoms with E-state index in [0.29, 0.717) is 28.5 Å². The summed E-state index contributed by atoms with van der Waals surface area (Å²) in [6, 6.07) is 12.8. The predicted molar refractivity (Wildman–Crippen MR) is 130 cm³/mol. The average Bonchev–Trinajstić information content (AvgIpc) is 3.43. The molecule has 2 heterocycles. The third kappa shape index (κ3) is 4.99. The first kappa shape index (κ1) is 23.6. The van der Waals surface area contributed by atoms with Gasteiger partial charge >= 0.3 is 0 Å². The smallest absolute Gasteiger partial charge is 0.252 e. The SMILES string of the molecule is C#CCNC(=O)c1cccc(-c2ccc3nc(C(c4nnc(CNC)o4)S(C)(=O)=O)sc3c2)c1. The molecule has 34 heavy (non-hydrogen) atoms. The van der Waals surface area contributed by atoms with Crippen molar-refractivity contribution < 1.29 is 17.6 Å². The fourth-order valence-corrected chi connectivity index (χ4v) is 5.91. The van der Waals surface area contributed by atoms with E-state index in [1.165, 1.54) is 11.3 Å². The molecule has 0 aliphatic heterocycles. The van der Waals surface area contributed by atoms with Gasteiger partial charge in [-0.15, -0.1) is 28.0 Å². The Balaban J connectivity index is 1.70. The van der Waals surface area contributed by atoms with E-state index in [2.05, 4.69) is 31.7 Å². The van der Waals surface area contributed by atoms with Crippen LogP contribution in [0.1, 0.15) is 32.4 Å². The summed E-state index contributed by atoms with van der Waals surface area (Å²) in [7, 11) is -1.91. The molecule has 0 spiro atoms. The molecule has 4 rings (SSSR count). The van der Waals surface area contributed by atoms with E-state index in [9.17, 15) is 13.2 Å². The fourth-order valence-electron chi connectivity index (χ4n) is 3.37. The van der Waals surface area contributed by atoms with Crippen LogP contribution in [0.25, 0.3) is 21.3 Å². The van der Waals surface area contributed by atoms with Crippen molar-refractivity contribution in [3.63, 3.8) is 0 Å². The summed E-state index contributed by atoms with van der Waals surface area (Å²) < 4.78 is 31.6. The van der Waals surface area contributed by atoms with Crippen LogP contribution in [0.15, 0.2) is 46.9 Å². The third-order valence-electron chi connectivity index (χ3n) is 4.90. The van der Waals surface area contributed by atoms with Crippen molar-refractivity contribution in [3.8, 4) is 23.5 Å². The second-order valence-electron chi connectivity index (χ2n) is 7.48. The van der Waals surface area contributed by atoms with E-state index in [0.717, 1.165) is 22.1 Å². The maximum atomic E-state index is 12.6. The molecular formula is C23H21N5O4S2. The molecule has 11 heteroatoms. The van der Waals surface area contributed by atoms with Crippen molar-refractivity contribution in [2.75, 3.05) is 19.8 Å². The predicted octanol–water partition coefficient (Wildman–Crippen LogP) is 2.56. The molecule has 2 aromatic carbocycles. The molecule has 0 radical (unpaired) electrons. The lowest BCUT2D eigenvalue weighted by Crippen LogP contribution is -2.23. The molecular weight excluding hydrogens is 474 g/mol. The highest BCUT2D eigenvalue weighted by molar-refractivity contribution is 7.91. The van der Waals surface area contributed by atoms with Crippen LogP contribution in [0, 0.1) is 12.3 Å². The summed E-state index contributed by atoms with van der Waals surface area (Å²) >= 11 is 1.25. The molecule has 2 aromatic heterocycles. The van der Waals surface area contributed by atoms with Crippen LogP contribution in [0.3, 0.4) is 0 Å². The first-order valence-electron chi connectivity index (χ1n) is 10.2. The van der Waals surface area contributed by atoms with Gasteiger partial charge in [-0.05, 0) is 42.4 Å². The largest absolute Gasteiger partial charge is 0.422 e. The Morgan fingerprint density at radius 3 is 2.74 bits per heavy atom. The molecule has 0 aliphatic rings. The number of hydrogen-bond donors (Lipinski definition) is 2. The first-order valence-corrected chi connectivity index (χ1v) is 13.0. The number of carbonyl (C=O) groups excluding carboxylic acids is 1. The van der Waals surface area contributed by atoms with Crippen molar-refractivity contribution in [2.45, 2.75) is 11.8 Å². The summed E-state index contributed by atoms with van der Waals surface area (Å²) in [4.78, 5) is 16.8. The van der Waals surface area contributed by atoms with E-state index >= 15 is 0 Å². The number of nitrogens with zero attached hydrogens (tertiary/aromatic N) is 3. The summed E-state index contributed by atoms with van der Waals surface area (Å²) in [5, 5.41) is 12.6. The van der Waals surface area contributed by atoms with Gasteiger partial charge in [0.15, 0.2) is 15.1 Å². The lowest BCUT2D eigenvalue weighted by molar-refractivity contribution is 0.0958. The highest BCUT2D eigenvalue weighted by atomic mass is 32.2. The molecule has 1 atom stereocenters. The van der Waals surface area contributed by atoms with Gasteiger partial charge in [0.2, 0.25) is 11.8 Å². The van der Waals surface area contributed by atoms with Gasteiger partial charge in [-0.25, -0.2) is 13.4 Å². The minimum atomic E-state index is -3.63. The monoisotopic (exact) mass is 495 g/mol. The number of fused-ring (bicyclic) bond motifs is 1. The zero-order valence-corrected chi connectivity index (χ0v) is 20.0. The number of rotatable bonds is 8. The van der Waals surface area contributed by atoms with E-state index in [4.69, 9.17) is 10.8 Å². The Bertz CT molecular complexity index is 1500. The third-order valence-corrected chi connectivity index (χ3v) is 7.41. The van der Waals surface area contributed by atoms with Gasteiger partial charge in [0.25, 0.3) is 5.91 Å². The highest BCUT2D eigenvalue weighted by Crippen LogP contribution is 2.36. The number of carbonyl (C=O) groups is 1. The van der Waals surface area contributed by atoms with Crippen LogP contribution < -0.4 is 10.6 Å². The topological polar surface area (TPSA) is 127 Å². The molecule has 0 saturated carbocycles. The summed E-state index contributed by atoms with van der Waals surface area (Å²) in [5.74, 6) is 2.40. The van der Waals surface area contributed by atoms with Crippen molar-refractivity contribution >= 4 is 37.3 Å². The van der Waals surface area contributed by atoms with Crippen LogP contribution >= 0.6 is 11.3 Å². The van der Waals surface area contributed by atoms with Gasteiger partial charge in [-0.1, -0.05) is 24.1 Å². The number of hydrogen-bond acceptors (Lipinski definition) is 9. The zero-order valence-electron chi connectivity index (χ0n) is 18.4. The molecule has 0 saturated heterocycles. The van der Waals surface area contributed by atoms with Crippen molar-refractivity contribution in [2.24, 2.45) is 0 Å². The van der Waals surface area contributed by atoms with Crippen LogP contribution in [0.2, 0.25) is 0 Å². The maximum Gasteiger partial charge on any atom is 0.252 e. The minimum absolute atomic E-state index is 0.0160. The molecule has 0 bridgehead atoms. The molecule has 1 amide bonds. The van der Waals surface area contributed by atoms with E-state index < -0.39 is 15.1 Å². The molecule has 1 unspecified atom stereocenters. The van der Waals surface area contributed by atoms with Gasteiger partial charge in [-0.2, -0.15) is 0 Å². The zero-order chi connectivity index (χ0) is 24.3. The average molecular weight is 496 g/mol. The highest BCUT2D eigenvalue weighted by Gasteiger charge is 2.33. The Morgan fingerprint density at radius 2 is 2.00 bits per heavy atom. The number of aromatic nitrogens is 3. The second kappa shape index (κ2) is 9.72. The lowest BCUT2D eigenvalue weighted by Gasteiger charge is -2.07. The molecule has 174 valence electrons. The molecule has 9 nitrogen and oxygen atoms in total. The van der Waals surface area contributed by atoms with Crippen LogP contribution in [0.4, 0.5) is 0 Å². The van der Waals surface area contributed by atoms with Crippen molar-refractivity contribution in [1.29, 1.82) is 0 Å².